The lowest BCUT2D eigenvalue weighted by atomic mass is 10.1. The maximum atomic E-state index is 4.36. The predicted octanol–water partition coefficient (Wildman–Crippen LogP) is 2.92. The molecule has 0 bridgehead atoms. The van der Waals surface area contributed by atoms with E-state index >= 15 is 0 Å². The van der Waals surface area contributed by atoms with Crippen LogP contribution in [0.15, 0.2) is 35.2 Å². The Morgan fingerprint density at radius 2 is 1.81 bits per heavy atom. The van der Waals surface area contributed by atoms with E-state index < -0.39 is 0 Å². The summed E-state index contributed by atoms with van der Waals surface area (Å²) in [4.78, 5) is 6.44. The number of aromatic nitrogens is 2. The molecular weight excluding hydrogens is 266 g/mol. The van der Waals surface area contributed by atoms with Gasteiger partial charge in [-0.1, -0.05) is 12.1 Å². The Bertz CT molecular complexity index is 485. The number of aryl methyl sites for hydroxylation is 1. The van der Waals surface area contributed by atoms with E-state index in [0.29, 0.717) is 0 Å². The van der Waals surface area contributed by atoms with E-state index in [-0.39, 0.29) is 0 Å². The molecule has 2 rings (SSSR count). The lowest BCUT2D eigenvalue weighted by Crippen LogP contribution is -2.07. The summed E-state index contributed by atoms with van der Waals surface area (Å²) in [6.07, 6.45) is 1.80. The van der Waals surface area contributed by atoms with Crippen LogP contribution in [0, 0.1) is 0 Å². The van der Waals surface area contributed by atoms with Gasteiger partial charge in [0.25, 0.3) is 0 Å². The standard InChI is InChI=1S/C12H14BrN3/c1-15(2)10-6-4-9(5-7-10)11-12(13)16(3)8-14-11/h4-8H,1-3H3. The summed E-state index contributed by atoms with van der Waals surface area (Å²) >= 11 is 3.52. The molecule has 0 aliphatic rings. The number of anilines is 1. The number of benzene rings is 1. The van der Waals surface area contributed by atoms with Crippen LogP contribution >= 0.6 is 15.9 Å². The Balaban J connectivity index is 2.38. The molecule has 0 aliphatic heterocycles. The van der Waals surface area contributed by atoms with Crippen LogP contribution in [0.4, 0.5) is 5.69 Å². The summed E-state index contributed by atoms with van der Waals surface area (Å²) in [6.45, 7) is 0. The minimum Gasteiger partial charge on any atom is -0.378 e. The molecule has 0 saturated carbocycles. The van der Waals surface area contributed by atoms with Crippen LogP contribution in [0.2, 0.25) is 0 Å². The normalized spacial score (nSPS) is 10.5. The monoisotopic (exact) mass is 279 g/mol. The Kier molecular flexibility index (Phi) is 3.01. The number of rotatable bonds is 2. The van der Waals surface area contributed by atoms with Crippen molar-refractivity contribution in [1.29, 1.82) is 0 Å². The molecule has 0 fully saturated rings. The minimum absolute atomic E-state index is 0.979. The molecular formula is C12H14BrN3. The molecule has 0 N–H and O–H groups in total. The Morgan fingerprint density at radius 3 is 2.25 bits per heavy atom. The van der Waals surface area contributed by atoms with Crippen molar-refractivity contribution in [1.82, 2.24) is 9.55 Å². The summed E-state index contributed by atoms with van der Waals surface area (Å²) in [5, 5.41) is 0. The third kappa shape index (κ3) is 1.97. The first-order valence-corrected chi connectivity index (χ1v) is 5.83. The fourth-order valence-corrected chi connectivity index (χ4v) is 1.95. The summed E-state index contributed by atoms with van der Waals surface area (Å²) < 4.78 is 2.96. The van der Waals surface area contributed by atoms with Gasteiger partial charge in [-0.2, -0.15) is 0 Å². The second-order valence-corrected chi connectivity index (χ2v) is 4.69. The van der Waals surface area contributed by atoms with Gasteiger partial charge in [-0.15, -0.1) is 0 Å². The van der Waals surface area contributed by atoms with Crippen LogP contribution in [0.1, 0.15) is 0 Å². The lowest BCUT2D eigenvalue weighted by Gasteiger charge is -2.12. The van der Waals surface area contributed by atoms with Crippen LogP contribution in [0.3, 0.4) is 0 Å². The van der Waals surface area contributed by atoms with E-state index in [1.54, 1.807) is 6.33 Å². The van der Waals surface area contributed by atoms with Crippen LogP contribution in [0.25, 0.3) is 11.3 Å². The third-order valence-corrected chi connectivity index (χ3v) is 3.46. The molecule has 0 amide bonds. The zero-order valence-corrected chi connectivity index (χ0v) is 11.2. The first kappa shape index (κ1) is 11.2. The van der Waals surface area contributed by atoms with Gasteiger partial charge in [-0.05, 0) is 28.1 Å². The maximum Gasteiger partial charge on any atom is 0.112 e. The van der Waals surface area contributed by atoms with Gasteiger partial charge in [-0.3, -0.25) is 0 Å². The van der Waals surface area contributed by atoms with Crippen molar-refractivity contribution in [2.45, 2.75) is 0 Å². The fraction of sp³-hybridized carbons (Fsp3) is 0.250. The quantitative estimate of drug-likeness (QED) is 0.843. The van der Waals surface area contributed by atoms with E-state index in [4.69, 9.17) is 0 Å². The molecule has 0 saturated heterocycles. The molecule has 1 heterocycles. The van der Waals surface area contributed by atoms with Gasteiger partial charge in [0.05, 0.1) is 6.33 Å². The van der Waals surface area contributed by atoms with Crippen LogP contribution < -0.4 is 4.90 Å². The van der Waals surface area contributed by atoms with Gasteiger partial charge in [0, 0.05) is 32.4 Å². The first-order chi connectivity index (χ1) is 7.59. The molecule has 4 heteroatoms. The lowest BCUT2D eigenvalue weighted by molar-refractivity contribution is 0.891. The highest BCUT2D eigenvalue weighted by Crippen LogP contribution is 2.27. The highest BCUT2D eigenvalue weighted by Gasteiger charge is 2.08. The van der Waals surface area contributed by atoms with Crippen LogP contribution in [-0.4, -0.2) is 23.6 Å². The van der Waals surface area contributed by atoms with E-state index in [1.807, 2.05) is 25.7 Å². The zero-order chi connectivity index (χ0) is 11.7. The summed E-state index contributed by atoms with van der Waals surface area (Å²) in [5.74, 6) is 0. The molecule has 0 atom stereocenters. The van der Waals surface area contributed by atoms with E-state index in [1.165, 1.54) is 5.69 Å². The van der Waals surface area contributed by atoms with Gasteiger partial charge >= 0.3 is 0 Å². The number of hydrogen-bond acceptors (Lipinski definition) is 2. The highest BCUT2D eigenvalue weighted by atomic mass is 79.9. The summed E-state index contributed by atoms with van der Waals surface area (Å²) in [7, 11) is 6.03. The molecule has 0 unspecified atom stereocenters. The van der Waals surface area contributed by atoms with E-state index in [9.17, 15) is 0 Å². The Labute approximate surface area is 104 Å². The molecule has 0 radical (unpaired) electrons. The van der Waals surface area contributed by atoms with Crippen molar-refractivity contribution in [2.75, 3.05) is 19.0 Å². The maximum absolute atomic E-state index is 4.36. The smallest absolute Gasteiger partial charge is 0.112 e. The van der Waals surface area contributed by atoms with E-state index in [2.05, 4.69) is 50.1 Å². The van der Waals surface area contributed by atoms with Crippen molar-refractivity contribution < 1.29 is 0 Å². The van der Waals surface area contributed by atoms with Gasteiger partial charge in [0.2, 0.25) is 0 Å². The van der Waals surface area contributed by atoms with Gasteiger partial charge in [0.1, 0.15) is 10.3 Å². The molecule has 1 aromatic carbocycles. The molecule has 3 nitrogen and oxygen atoms in total. The topological polar surface area (TPSA) is 21.1 Å². The van der Waals surface area contributed by atoms with Crippen molar-refractivity contribution in [3.8, 4) is 11.3 Å². The minimum atomic E-state index is 0.979. The predicted molar refractivity (Wildman–Crippen MR) is 70.7 cm³/mol. The second-order valence-electron chi connectivity index (χ2n) is 3.94. The van der Waals surface area contributed by atoms with Gasteiger partial charge < -0.3 is 9.47 Å². The first-order valence-electron chi connectivity index (χ1n) is 5.04. The summed E-state index contributed by atoms with van der Waals surface area (Å²) in [5.41, 5.74) is 3.29. The largest absolute Gasteiger partial charge is 0.378 e. The third-order valence-electron chi connectivity index (χ3n) is 2.52. The molecule has 16 heavy (non-hydrogen) atoms. The Morgan fingerprint density at radius 1 is 1.19 bits per heavy atom. The van der Waals surface area contributed by atoms with Crippen LogP contribution in [0.5, 0.6) is 0 Å². The molecule has 1 aromatic heterocycles. The van der Waals surface area contributed by atoms with Crippen LogP contribution in [-0.2, 0) is 7.05 Å². The molecule has 0 spiro atoms. The fourth-order valence-electron chi connectivity index (χ4n) is 1.53. The number of imidazole rings is 1. The Hall–Kier alpha value is -1.29. The molecule has 0 aliphatic carbocycles. The van der Waals surface area contributed by atoms with Crippen molar-refractivity contribution in [3.05, 3.63) is 35.2 Å². The highest BCUT2D eigenvalue weighted by molar-refractivity contribution is 9.10. The molecule has 84 valence electrons. The van der Waals surface area contributed by atoms with Crippen molar-refractivity contribution in [2.24, 2.45) is 7.05 Å². The number of nitrogens with zero attached hydrogens (tertiary/aromatic N) is 3. The number of halogens is 1. The molecule has 2 aromatic rings. The number of hydrogen-bond donors (Lipinski definition) is 0. The second kappa shape index (κ2) is 4.29. The van der Waals surface area contributed by atoms with Gasteiger partial charge in [0.15, 0.2) is 0 Å². The zero-order valence-electron chi connectivity index (χ0n) is 9.61. The summed E-state index contributed by atoms with van der Waals surface area (Å²) in [6, 6.07) is 8.36. The average molecular weight is 280 g/mol. The van der Waals surface area contributed by atoms with Crippen molar-refractivity contribution >= 4 is 21.6 Å². The van der Waals surface area contributed by atoms with E-state index in [0.717, 1.165) is 15.9 Å². The van der Waals surface area contributed by atoms with Crippen molar-refractivity contribution in [3.63, 3.8) is 0 Å². The van der Waals surface area contributed by atoms with Gasteiger partial charge in [-0.25, -0.2) is 4.98 Å². The SMILES string of the molecule is CN(C)c1ccc(-c2ncn(C)c2Br)cc1. The average Bonchev–Trinajstić information content (AvgIpc) is 2.60.